The second kappa shape index (κ2) is 9.36. The number of piperidine rings is 1. The average Bonchev–Trinajstić information content (AvgIpc) is 3.42. The fraction of sp³-hybridized carbons (Fsp3) is 0.333. The topological polar surface area (TPSA) is 114 Å². The molecule has 4 rings (SSSR count). The molecule has 31 heavy (non-hydrogen) atoms. The van der Waals surface area contributed by atoms with Gasteiger partial charge >= 0.3 is 0 Å². The Morgan fingerprint density at radius 2 is 2.23 bits per heavy atom. The van der Waals surface area contributed by atoms with Crippen LogP contribution >= 0.6 is 11.3 Å². The molecule has 0 spiro atoms. The van der Waals surface area contributed by atoms with Gasteiger partial charge in [0.2, 0.25) is 17.6 Å². The van der Waals surface area contributed by atoms with Crippen molar-refractivity contribution >= 4 is 28.2 Å². The van der Waals surface area contributed by atoms with E-state index in [1.54, 1.807) is 23.6 Å². The zero-order valence-corrected chi connectivity index (χ0v) is 17.5. The van der Waals surface area contributed by atoms with Crippen LogP contribution in [0.15, 0.2) is 40.2 Å². The summed E-state index contributed by atoms with van der Waals surface area (Å²) < 4.78 is 18.9. The highest BCUT2D eigenvalue weighted by Gasteiger charge is 2.26. The summed E-state index contributed by atoms with van der Waals surface area (Å²) in [7, 11) is 0. The number of rotatable bonds is 7. The second-order valence-electron chi connectivity index (χ2n) is 7.43. The molecule has 0 aliphatic carbocycles. The predicted molar refractivity (Wildman–Crippen MR) is 114 cm³/mol. The highest BCUT2D eigenvalue weighted by atomic mass is 32.1. The molecule has 3 N–H and O–H groups in total. The van der Waals surface area contributed by atoms with Gasteiger partial charge in [-0.15, -0.1) is 11.3 Å². The molecule has 1 aliphatic rings. The number of thiophene rings is 1. The molecular formula is C21H22FN5O3S. The summed E-state index contributed by atoms with van der Waals surface area (Å²) in [6, 6.07) is 7.68. The minimum Gasteiger partial charge on any atom is -0.366 e. The Balaban J connectivity index is 1.32. The van der Waals surface area contributed by atoms with Crippen LogP contribution in [0.1, 0.15) is 41.4 Å². The molecule has 1 saturated heterocycles. The first kappa shape index (κ1) is 21.1. The number of aromatic nitrogens is 2. The van der Waals surface area contributed by atoms with Crippen molar-refractivity contribution in [1.29, 1.82) is 0 Å². The van der Waals surface area contributed by atoms with Gasteiger partial charge in [0.05, 0.1) is 11.5 Å². The maximum Gasteiger partial charge on any atom is 0.251 e. The van der Waals surface area contributed by atoms with E-state index in [0.29, 0.717) is 47.4 Å². The Morgan fingerprint density at radius 1 is 1.35 bits per heavy atom. The van der Waals surface area contributed by atoms with Crippen molar-refractivity contribution in [2.45, 2.75) is 25.2 Å². The van der Waals surface area contributed by atoms with Gasteiger partial charge in [0, 0.05) is 25.1 Å². The highest BCUT2D eigenvalue weighted by Crippen LogP contribution is 2.28. The molecule has 1 unspecified atom stereocenters. The summed E-state index contributed by atoms with van der Waals surface area (Å²) in [4.78, 5) is 30.3. The maximum absolute atomic E-state index is 13.4. The molecule has 8 nitrogen and oxygen atoms in total. The second-order valence-corrected chi connectivity index (χ2v) is 8.35. The van der Waals surface area contributed by atoms with Crippen LogP contribution in [0.3, 0.4) is 0 Å². The lowest BCUT2D eigenvalue weighted by molar-refractivity contribution is -0.116. The number of nitrogens with two attached hydrogens (primary N) is 1. The first-order valence-electron chi connectivity index (χ1n) is 9.98. The van der Waals surface area contributed by atoms with Crippen molar-refractivity contribution < 1.29 is 18.5 Å². The molecule has 1 aliphatic heterocycles. The van der Waals surface area contributed by atoms with Crippen LogP contribution in [0.2, 0.25) is 0 Å². The number of carbonyl (C=O) groups is 2. The molecule has 1 fully saturated rings. The number of likely N-dealkylation sites (tertiary alicyclic amines) is 1. The van der Waals surface area contributed by atoms with E-state index < -0.39 is 5.91 Å². The van der Waals surface area contributed by atoms with Crippen LogP contribution in [-0.2, 0) is 4.79 Å². The molecular weight excluding hydrogens is 421 g/mol. The van der Waals surface area contributed by atoms with Crippen molar-refractivity contribution in [3.8, 4) is 11.4 Å². The van der Waals surface area contributed by atoms with Crippen LogP contribution in [0.25, 0.3) is 11.4 Å². The molecule has 0 radical (unpaired) electrons. The van der Waals surface area contributed by atoms with E-state index in [4.69, 9.17) is 10.3 Å². The van der Waals surface area contributed by atoms with Crippen molar-refractivity contribution in [2.75, 3.05) is 25.0 Å². The van der Waals surface area contributed by atoms with Crippen LogP contribution < -0.4 is 11.1 Å². The first-order chi connectivity index (χ1) is 15.0. The summed E-state index contributed by atoms with van der Waals surface area (Å²) in [5.41, 5.74) is 6.21. The largest absolute Gasteiger partial charge is 0.366 e. The number of hydrogen-bond donors (Lipinski definition) is 2. The van der Waals surface area contributed by atoms with Gasteiger partial charge in [-0.25, -0.2) is 4.39 Å². The van der Waals surface area contributed by atoms with E-state index in [-0.39, 0.29) is 17.6 Å². The Morgan fingerprint density at radius 3 is 3.03 bits per heavy atom. The minimum absolute atomic E-state index is 0.0605. The van der Waals surface area contributed by atoms with Gasteiger partial charge in [0.15, 0.2) is 0 Å². The monoisotopic (exact) mass is 443 g/mol. The molecule has 2 amide bonds. The van der Waals surface area contributed by atoms with Gasteiger partial charge in [-0.1, -0.05) is 17.3 Å². The van der Waals surface area contributed by atoms with E-state index in [2.05, 4.69) is 20.4 Å². The van der Waals surface area contributed by atoms with Crippen LogP contribution in [0.4, 0.5) is 9.39 Å². The highest BCUT2D eigenvalue weighted by molar-refractivity contribution is 7.14. The molecule has 0 bridgehead atoms. The van der Waals surface area contributed by atoms with Crippen molar-refractivity contribution in [1.82, 2.24) is 15.0 Å². The van der Waals surface area contributed by atoms with Gasteiger partial charge in [-0.05, 0) is 43.0 Å². The Bertz CT molecular complexity index is 1080. The molecule has 162 valence electrons. The average molecular weight is 444 g/mol. The van der Waals surface area contributed by atoms with Crippen LogP contribution in [-0.4, -0.2) is 46.5 Å². The lowest BCUT2D eigenvalue weighted by Gasteiger charge is -2.30. The third-order valence-electron chi connectivity index (χ3n) is 5.22. The molecule has 1 atom stereocenters. The normalized spacial score (nSPS) is 16.9. The lowest BCUT2D eigenvalue weighted by Crippen LogP contribution is -2.36. The lowest BCUT2D eigenvalue weighted by atomic mass is 9.98. The van der Waals surface area contributed by atoms with Crippen molar-refractivity contribution in [2.24, 2.45) is 5.73 Å². The third-order valence-corrected chi connectivity index (χ3v) is 6.05. The number of hydrogen-bond acceptors (Lipinski definition) is 7. The van der Waals surface area contributed by atoms with E-state index in [0.717, 1.165) is 19.4 Å². The molecule has 10 heteroatoms. The predicted octanol–water partition coefficient (Wildman–Crippen LogP) is 3.24. The number of benzene rings is 1. The van der Waals surface area contributed by atoms with Gasteiger partial charge in [0.25, 0.3) is 5.91 Å². The van der Waals surface area contributed by atoms with Gasteiger partial charge in [0.1, 0.15) is 10.8 Å². The molecule has 1 aromatic carbocycles. The Labute approximate surface area is 182 Å². The number of amides is 2. The number of nitrogens with one attached hydrogen (secondary N) is 1. The van der Waals surface area contributed by atoms with Gasteiger partial charge in [-0.3, -0.25) is 9.59 Å². The fourth-order valence-electron chi connectivity index (χ4n) is 3.65. The molecule has 3 aromatic rings. The maximum atomic E-state index is 13.4. The number of nitrogens with zero attached hydrogens (tertiary/aromatic N) is 3. The quantitative estimate of drug-likeness (QED) is 0.579. The van der Waals surface area contributed by atoms with Crippen LogP contribution in [0.5, 0.6) is 0 Å². The summed E-state index contributed by atoms with van der Waals surface area (Å²) >= 11 is 1.27. The van der Waals surface area contributed by atoms with E-state index >= 15 is 0 Å². The third kappa shape index (κ3) is 5.15. The minimum atomic E-state index is -0.562. The standard InChI is InChI=1S/C21H22FN5O3S/c22-15-5-1-3-13(11-15)19-25-20(30-26-19)14-4-2-8-27(12-14)9-6-17(28)24-21-16(18(23)29)7-10-31-21/h1,3,5,7,10-11,14H,2,4,6,8-9,12H2,(H2,23,29)(H,24,28). The number of primary amides is 1. The molecule has 0 saturated carbocycles. The van der Waals surface area contributed by atoms with Gasteiger partial charge in [-0.2, -0.15) is 4.98 Å². The molecule has 2 aromatic heterocycles. The number of halogens is 1. The summed E-state index contributed by atoms with van der Waals surface area (Å²) in [5, 5.41) is 8.95. The molecule has 3 heterocycles. The Hall–Kier alpha value is -3.11. The van der Waals surface area contributed by atoms with E-state index in [9.17, 15) is 14.0 Å². The fourth-order valence-corrected chi connectivity index (χ4v) is 4.46. The summed E-state index contributed by atoms with van der Waals surface area (Å²) in [5.74, 6) is -0.127. The number of anilines is 1. The van der Waals surface area contributed by atoms with Crippen LogP contribution in [0, 0.1) is 5.82 Å². The zero-order valence-electron chi connectivity index (χ0n) is 16.7. The first-order valence-corrected chi connectivity index (χ1v) is 10.9. The summed E-state index contributed by atoms with van der Waals surface area (Å²) in [6.07, 6.45) is 2.15. The Kier molecular flexibility index (Phi) is 6.38. The van der Waals surface area contributed by atoms with Crippen molar-refractivity contribution in [3.63, 3.8) is 0 Å². The summed E-state index contributed by atoms with van der Waals surface area (Å²) in [6.45, 7) is 2.15. The van der Waals surface area contributed by atoms with Crippen molar-refractivity contribution in [3.05, 3.63) is 53.0 Å². The SMILES string of the molecule is NC(=O)c1ccsc1NC(=O)CCN1CCCC(c2nc(-c3cccc(F)c3)no2)C1. The van der Waals surface area contributed by atoms with E-state index in [1.165, 1.54) is 23.5 Å². The van der Waals surface area contributed by atoms with E-state index in [1.807, 2.05) is 0 Å². The van der Waals surface area contributed by atoms with Gasteiger partial charge < -0.3 is 20.5 Å². The number of carbonyl (C=O) groups excluding carboxylic acids is 2. The zero-order chi connectivity index (χ0) is 21.8. The smallest absolute Gasteiger partial charge is 0.251 e.